The normalized spacial score (nSPS) is 12.4. The zero-order chi connectivity index (χ0) is 14.5. The van der Waals surface area contributed by atoms with E-state index in [1.165, 1.54) is 12.1 Å². The van der Waals surface area contributed by atoms with Crippen molar-refractivity contribution in [1.29, 1.82) is 0 Å². The maximum atomic E-state index is 13.2. The lowest BCUT2D eigenvalue weighted by atomic mass is 10.1. The van der Waals surface area contributed by atoms with Gasteiger partial charge in [0.15, 0.2) is 5.76 Å². The van der Waals surface area contributed by atoms with Crippen LogP contribution in [0.2, 0.25) is 0 Å². The number of hydrogen-bond acceptors (Lipinski definition) is 5. The van der Waals surface area contributed by atoms with Crippen LogP contribution in [0.5, 0.6) is 5.75 Å². The molecule has 0 amide bonds. The first-order valence-corrected chi connectivity index (χ1v) is 6.21. The first-order valence-electron chi connectivity index (χ1n) is 6.21. The number of nitrogens with zero attached hydrogens (tertiary/aromatic N) is 1. The lowest BCUT2D eigenvalue weighted by Gasteiger charge is -2.13. The quantitative estimate of drug-likeness (QED) is 0.880. The van der Waals surface area contributed by atoms with Gasteiger partial charge in [0.25, 0.3) is 0 Å². The minimum absolute atomic E-state index is 0.221. The van der Waals surface area contributed by atoms with E-state index >= 15 is 0 Å². The molecule has 6 heteroatoms. The molecule has 0 bridgehead atoms. The van der Waals surface area contributed by atoms with Crippen molar-refractivity contribution in [3.8, 4) is 5.75 Å². The summed E-state index contributed by atoms with van der Waals surface area (Å²) in [5, 5.41) is 3.86. The SMILES string of the molecule is COCc1cc(COc2ccc(F)cc2[C@@H](C)N)no1. The fraction of sp³-hybridized carbons (Fsp3) is 0.357. The van der Waals surface area contributed by atoms with Gasteiger partial charge in [0, 0.05) is 24.8 Å². The molecule has 2 rings (SSSR count). The molecule has 0 aliphatic rings. The Kier molecular flexibility index (Phi) is 4.70. The Bertz CT molecular complexity index is 569. The Labute approximate surface area is 116 Å². The highest BCUT2D eigenvalue weighted by Crippen LogP contribution is 2.25. The third-order valence-corrected chi connectivity index (χ3v) is 2.73. The number of hydrogen-bond donors (Lipinski definition) is 1. The maximum absolute atomic E-state index is 13.2. The second kappa shape index (κ2) is 6.49. The third kappa shape index (κ3) is 3.55. The van der Waals surface area contributed by atoms with Gasteiger partial charge in [-0.2, -0.15) is 0 Å². The minimum atomic E-state index is -0.339. The molecule has 0 fully saturated rings. The van der Waals surface area contributed by atoms with E-state index in [2.05, 4.69) is 5.16 Å². The number of benzene rings is 1. The zero-order valence-corrected chi connectivity index (χ0v) is 11.4. The number of ether oxygens (including phenoxy) is 2. The van der Waals surface area contributed by atoms with Crippen LogP contribution in [0.1, 0.15) is 30.0 Å². The topological polar surface area (TPSA) is 70.5 Å². The highest BCUT2D eigenvalue weighted by atomic mass is 19.1. The van der Waals surface area contributed by atoms with Gasteiger partial charge in [0.1, 0.15) is 30.5 Å². The first-order chi connectivity index (χ1) is 9.60. The molecule has 0 radical (unpaired) electrons. The highest BCUT2D eigenvalue weighted by Gasteiger charge is 2.11. The van der Waals surface area contributed by atoms with Crippen molar-refractivity contribution in [1.82, 2.24) is 5.16 Å². The van der Waals surface area contributed by atoms with Crippen molar-refractivity contribution in [3.05, 3.63) is 47.1 Å². The number of halogens is 1. The van der Waals surface area contributed by atoms with Crippen molar-refractivity contribution >= 4 is 0 Å². The fourth-order valence-corrected chi connectivity index (χ4v) is 1.79. The Morgan fingerprint density at radius 1 is 1.35 bits per heavy atom. The molecule has 5 nitrogen and oxygen atoms in total. The van der Waals surface area contributed by atoms with E-state index in [1.54, 1.807) is 26.2 Å². The van der Waals surface area contributed by atoms with Gasteiger partial charge in [-0.05, 0) is 25.1 Å². The summed E-state index contributed by atoms with van der Waals surface area (Å²) < 4.78 is 28.8. The second-order valence-electron chi connectivity index (χ2n) is 4.48. The van der Waals surface area contributed by atoms with Crippen molar-refractivity contribution < 1.29 is 18.4 Å². The van der Waals surface area contributed by atoms with Gasteiger partial charge in [-0.25, -0.2) is 4.39 Å². The standard InChI is InChI=1S/C14H17FN2O3/c1-9(16)13-5-10(15)3-4-14(13)19-7-11-6-12(8-18-2)20-17-11/h3-6,9H,7-8,16H2,1-2H3/t9-/m1/s1. The zero-order valence-electron chi connectivity index (χ0n) is 11.4. The summed E-state index contributed by atoms with van der Waals surface area (Å²) in [6, 6.07) is 5.70. The van der Waals surface area contributed by atoms with Crippen LogP contribution < -0.4 is 10.5 Å². The molecule has 0 aliphatic carbocycles. The van der Waals surface area contributed by atoms with Gasteiger partial charge >= 0.3 is 0 Å². The smallest absolute Gasteiger partial charge is 0.162 e. The number of rotatable bonds is 6. The van der Waals surface area contributed by atoms with Crippen molar-refractivity contribution in [2.75, 3.05) is 7.11 Å². The number of methoxy groups -OCH3 is 1. The van der Waals surface area contributed by atoms with Crippen LogP contribution in [0.4, 0.5) is 4.39 Å². The number of aromatic nitrogens is 1. The van der Waals surface area contributed by atoms with E-state index in [0.717, 1.165) is 0 Å². The van der Waals surface area contributed by atoms with Crippen LogP contribution in [0.15, 0.2) is 28.8 Å². The van der Waals surface area contributed by atoms with E-state index in [4.69, 9.17) is 19.7 Å². The van der Waals surface area contributed by atoms with Crippen LogP contribution in [0.3, 0.4) is 0 Å². The summed E-state index contributed by atoms with van der Waals surface area (Å²) in [4.78, 5) is 0. The Hall–Kier alpha value is -1.92. The first kappa shape index (κ1) is 14.5. The summed E-state index contributed by atoms with van der Waals surface area (Å²) in [6.45, 7) is 2.35. The average Bonchev–Trinajstić information content (AvgIpc) is 2.85. The van der Waals surface area contributed by atoms with Crippen molar-refractivity contribution in [2.45, 2.75) is 26.2 Å². The van der Waals surface area contributed by atoms with Crippen LogP contribution in [-0.4, -0.2) is 12.3 Å². The molecule has 0 saturated carbocycles. The average molecular weight is 280 g/mol. The molecule has 0 aliphatic heterocycles. The van der Waals surface area contributed by atoms with Crippen LogP contribution in [-0.2, 0) is 18.0 Å². The van der Waals surface area contributed by atoms with E-state index in [1.807, 2.05) is 0 Å². The van der Waals surface area contributed by atoms with Gasteiger partial charge in [-0.15, -0.1) is 0 Å². The highest BCUT2D eigenvalue weighted by molar-refractivity contribution is 5.36. The number of nitrogens with two attached hydrogens (primary N) is 1. The maximum Gasteiger partial charge on any atom is 0.162 e. The molecule has 1 atom stereocenters. The molecule has 1 aromatic heterocycles. The Morgan fingerprint density at radius 2 is 2.15 bits per heavy atom. The molecule has 2 N–H and O–H groups in total. The molecule has 0 unspecified atom stereocenters. The molecule has 108 valence electrons. The molecular weight excluding hydrogens is 263 g/mol. The molecule has 20 heavy (non-hydrogen) atoms. The molecular formula is C14H17FN2O3. The van der Waals surface area contributed by atoms with Gasteiger partial charge in [-0.1, -0.05) is 5.16 Å². The predicted octanol–water partition coefficient (Wildman–Crippen LogP) is 2.56. The van der Waals surface area contributed by atoms with Crippen LogP contribution in [0.25, 0.3) is 0 Å². The van der Waals surface area contributed by atoms with Gasteiger partial charge < -0.3 is 19.7 Å². The Morgan fingerprint density at radius 3 is 2.85 bits per heavy atom. The molecule has 1 aromatic carbocycles. The summed E-state index contributed by atoms with van der Waals surface area (Å²) in [6.07, 6.45) is 0. The van der Waals surface area contributed by atoms with Crippen molar-refractivity contribution in [2.24, 2.45) is 5.73 Å². The molecule has 1 heterocycles. The lowest BCUT2D eigenvalue weighted by molar-refractivity contribution is 0.155. The van der Waals surface area contributed by atoms with Crippen molar-refractivity contribution in [3.63, 3.8) is 0 Å². The molecule has 2 aromatic rings. The summed E-state index contributed by atoms with van der Waals surface area (Å²) >= 11 is 0. The third-order valence-electron chi connectivity index (χ3n) is 2.73. The Balaban J connectivity index is 2.06. The van der Waals surface area contributed by atoms with Crippen LogP contribution in [0, 0.1) is 5.82 Å². The minimum Gasteiger partial charge on any atom is -0.487 e. The van der Waals surface area contributed by atoms with Crippen LogP contribution >= 0.6 is 0 Å². The fourth-order valence-electron chi connectivity index (χ4n) is 1.79. The second-order valence-corrected chi connectivity index (χ2v) is 4.48. The molecule has 0 spiro atoms. The molecule has 0 saturated heterocycles. The summed E-state index contributed by atoms with van der Waals surface area (Å²) in [7, 11) is 1.58. The van der Waals surface area contributed by atoms with Gasteiger partial charge in [0.05, 0.1) is 0 Å². The van der Waals surface area contributed by atoms with E-state index < -0.39 is 0 Å². The summed E-state index contributed by atoms with van der Waals surface area (Å²) in [5.41, 5.74) is 7.05. The predicted molar refractivity (Wildman–Crippen MR) is 70.6 cm³/mol. The van der Waals surface area contributed by atoms with E-state index in [0.29, 0.717) is 29.4 Å². The van der Waals surface area contributed by atoms with E-state index in [-0.39, 0.29) is 18.5 Å². The lowest BCUT2D eigenvalue weighted by Crippen LogP contribution is -2.08. The monoisotopic (exact) mass is 280 g/mol. The van der Waals surface area contributed by atoms with Gasteiger partial charge in [-0.3, -0.25) is 0 Å². The largest absolute Gasteiger partial charge is 0.487 e. The van der Waals surface area contributed by atoms with Gasteiger partial charge in [0.2, 0.25) is 0 Å². The van der Waals surface area contributed by atoms with E-state index in [9.17, 15) is 4.39 Å². The summed E-state index contributed by atoms with van der Waals surface area (Å²) in [5.74, 6) is 0.823.